The number of sulfonamides is 1. The van der Waals surface area contributed by atoms with Gasteiger partial charge in [0, 0.05) is 86.8 Å². The van der Waals surface area contributed by atoms with Gasteiger partial charge in [-0.3, -0.25) is 14.6 Å². The Morgan fingerprint density at radius 1 is 0.971 bits per heavy atom. The Hall–Kier alpha value is -5.10. The number of carbonyl (C=O) groups excluding carboxylic acids is 1. The van der Waals surface area contributed by atoms with Gasteiger partial charge in [-0.05, 0) is 125 Å². The molecule has 2 aliphatic heterocycles. The zero-order valence-electron chi connectivity index (χ0n) is 40.4. The molecule has 5 aromatic rings. The number of hydrogen-bond donors (Lipinski definition) is 5. The third-order valence-corrected chi connectivity index (χ3v) is 16.8. The summed E-state index contributed by atoms with van der Waals surface area (Å²) in [5.74, 6) is 0.713. The molecule has 15 nitrogen and oxygen atoms in total. The fourth-order valence-corrected chi connectivity index (χ4v) is 12.2. The van der Waals surface area contributed by atoms with E-state index >= 15 is 0 Å². The topological polar surface area (TPSA) is 184 Å². The van der Waals surface area contributed by atoms with Crippen LogP contribution in [0.25, 0.3) is 11.0 Å². The predicted molar refractivity (Wildman–Crippen MR) is 266 cm³/mol. The second-order valence-electron chi connectivity index (χ2n) is 20.9. The van der Waals surface area contributed by atoms with Gasteiger partial charge in [0.05, 0.1) is 30.6 Å². The summed E-state index contributed by atoms with van der Waals surface area (Å²) in [4.78, 5) is 33.5. The highest BCUT2D eigenvalue weighted by molar-refractivity contribution is 7.90. The van der Waals surface area contributed by atoms with Crippen LogP contribution in [0.2, 0.25) is 0 Å². The van der Waals surface area contributed by atoms with Crippen LogP contribution in [0.1, 0.15) is 119 Å². The molecule has 1 amide bonds. The molecule has 68 heavy (non-hydrogen) atoms. The van der Waals surface area contributed by atoms with Crippen molar-refractivity contribution < 1.29 is 28.1 Å². The van der Waals surface area contributed by atoms with E-state index in [1.807, 2.05) is 31.2 Å². The van der Waals surface area contributed by atoms with E-state index in [4.69, 9.17) is 4.74 Å². The molecule has 2 atom stereocenters. The Kier molecular flexibility index (Phi) is 13.6. The number of H-pyrrole nitrogens is 1. The van der Waals surface area contributed by atoms with Gasteiger partial charge in [0.1, 0.15) is 22.0 Å². The second-order valence-corrected chi connectivity index (χ2v) is 22.6. The molecule has 2 aromatic carbocycles. The maximum atomic E-state index is 14.1. The smallest absolute Gasteiger partial charge is 0.268 e. The highest BCUT2D eigenvalue weighted by Crippen LogP contribution is 2.53. The van der Waals surface area contributed by atoms with Crippen molar-refractivity contribution in [2.75, 3.05) is 56.5 Å². The number of anilines is 2. The summed E-state index contributed by atoms with van der Waals surface area (Å²) in [7, 11) is -3.13. The second kappa shape index (κ2) is 19.4. The maximum absolute atomic E-state index is 14.1. The van der Waals surface area contributed by atoms with E-state index in [0.29, 0.717) is 54.8 Å². The molecule has 9 rings (SSSR count). The lowest BCUT2D eigenvalue weighted by molar-refractivity contribution is -0.751. The van der Waals surface area contributed by atoms with Crippen molar-refractivity contribution in [3.63, 3.8) is 0 Å². The third kappa shape index (κ3) is 10.3. The van der Waals surface area contributed by atoms with Crippen LogP contribution in [-0.2, 0) is 10.0 Å². The lowest BCUT2D eigenvalue weighted by atomic mass is 9.59. The van der Waals surface area contributed by atoms with E-state index in [1.54, 1.807) is 18.5 Å². The monoisotopic (exact) mass is 948 g/mol. The number of hydrogen-bond acceptors (Lipinski definition) is 12. The van der Waals surface area contributed by atoms with Crippen LogP contribution >= 0.6 is 0 Å². The number of ether oxygens (including phenoxy) is 1. The number of carbonyl (C=O) groups is 1. The Balaban J connectivity index is 0.899. The van der Waals surface area contributed by atoms with Crippen molar-refractivity contribution in [1.82, 2.24) is 29.5 Å². The standard InChI is InChI=1S/C52H69N9O6S/c1-34(2)42-9-7-8-10-43(42)46-33-60(35(3)4)23-24-61(46)39-28-52(29-39)18-21-59(22-19-52)38-11-12-44(47(26-38)67-40-25-37-15-20-53-48(37)55-31-40)50(62)57-68(65,66)41-27-45(58(6)64)49(56-32-41)54-30-36-13-16-51(5,63)17-14-36/h7-12,15,20,25-27,31-32,34-36,39,46,58,63H,13-14,16-19,21-24,28-30,33H2,1-6H3,(H,53,55)(H,54,56)(H,57,62)/t36?,46-,51?/m0/s1. The highest BCUT2D eigenvalue weighted by atomic mass is 32.2. The number of aromatic amines is 1. The molecular weight excluding hydrogens is 879 g/mol. The number of piperazine rings is 1. The fraction of sp³-hybridized carbons (Fsp3) is 0.519. The Morgan fingerprint density at radius 2 is 1.72 bits per heavy atom. The first kappa shape index (κ1) is 47.9. The molecule has 5 heterocycles. The van der Waals surface area contributed by atoms with Crippen LogP contribution in [0, 0.1) is 16.5 Å². The number of benzene rings is 2. The molecule has 4 aliphatic rings. The van der Waals surface area contributed by atoms with E-state index in [1.165, 1.54) is 37.1 Å². The minimum atomic E-state index is -4.48. The van der Waals surface area contributed by atoms with Crippen molar-refractivity contribution in [2.24, 2.45) is 11.3 Å². The lowest BCUT2D eigenvalue weighted by Gasteiger charge is -2.58. The van der Waals surface area contributed by atoms with Crippen LogP contribution in [0.5, 0.6) is 11.5 Å². The zero-order valence-corrected chi connectivity index (χ0v) is 41.2. The summed E-state index contributed by atoms with van der Waals surface area (Å²) in [6.45, 7) is 16.5. The molecule has 0 bridgehead atoms. The van der Waals surface area contributed by atoms with Gasteiger partial charge >= 0.3 is 0 Å². The SMILES string of the molecule is CC(C)c1ccccc1[C@@H]1CN(C(C)C)CCN1C1CC2(CCN(c3ccc(C(=O)NS(=O)(=O)c4cnc(NCC5CCC(C)(O)CC5)c([NH+](C)[O-])c4)c(Oc4cnc5[nH]ccc5c4)c3)CC2)C1. The summed E-state index contributed by atoms with van der Waals surface area (Å²) in [6, 6.07) is 20.7. The maximum Gasteiger partial charge on any atom is 0.268 e. The minimum absolute atomic E-state index is 0.0254. The molecule has 1 spiro atoms. The molecule has 364 valence electrons. The number of piperidine rings is 1. The first-order chi connectivity index (χ1) is 32.5. The first-order valence-corrected chi connectivity index (χ1v) is 26.1. The van der Waals surface area contributed by atoms with Gasteiger partial charge in [0.15, 0.2) is 11.5 Å². The van der Waals surface area contributed by atoms with E-state index in [9.17, 15) is 23.5 Å². The predicted octanol–water partition coefficient (Wildman–Crippen LogP) is 7.51. The normalized spacial score (nSPS) is 23.2. The molecule has 5 N–H and O–H groups in total. The van der Waals surface area contributed by atoms with Crippen LogP contribution in [0.3, 0.4) is 0 Å². The molecular formula is C52H69N9O6S. The average Bonchev–Trinajstić information content (AvgIpc) is 3.78. The summed E-state index contributed by atoms with van der Waals surface area (Å²) in [5.41, 5.74) is 4.24. The van der Waals surface area contributed by atoms with E-state index < -0.39 is 21.5 Å². The lowest BCUT2D eigenvalue weighted by Crippen LogP contribution is -2.98. The number of quaternary nitrogens is 1. The summed E-state index contributed by atoms with van der Waals surface area (Å²) >= 11 is 0. The van der Waals surface area contributed by atoms with Crippen LogP contribution in [0.15, 0.2) is 84.1 Å². The Morgan fingerprint density at radius 3 is 2.44 bits per heavy atom. The number of aromatic nitrogens is 3. The van der Waals surface area contributed by atoms with Gasteiger partial charge < -0.3 is 35.3 Å². The van der Waals surface area contributed by atoms with Crippen molar-refractivity contribution in [2.45, 2.75) is 121 Å². The average molecular weight is 948 g/mol. The van der Waals surface area contributed by atoms with E-state index in [2.05, 4.69) is 91.7 Å². The van der Waals surface area contributed by atoms with Crippen LogP contribution < -0.4 is 24.7 Å². The molecule has 0 radical (unpaired) electrons. The molecule has 2 aliphatic carbocycles. The molecule has 2 saturated carbocycles. The minimum Gasteiger partial charge on any atom is -0.629 e. The van der Waals surface area contributed by atoms with Crippen LogP contribution in [0.4, 0.5) is 17.2 Å². The Bertz CT molecular complexity index is 2700. The molecule has 16 heteroatoms. The fourth-order valence-electron chi connectivity index (χ4n) is 11.2. The molecule has 4 fully saturated rings. The number of aliphatic hydroxyl groups is 1. The highest BCUT2D eigenvalue weighted by Gasteiger charge is 2.50. The Labute approximate surface area is 401 Å². The third-order valence-electron chi connectivity index (χ3n) is 15.5. The van der Waals surface area contributed by atoms with Gasteiger partial charge in [0.2, 0.25) is 0 Å². The van der Waals surface area contributed by atoms with E-state index in [-0.39, 0.29) is 44.1 Å². The number of amides is 1. The van der Waals surface area contributed by atoms with Crippen molar-refractivity contribution in [3.05, 3.63) is 101 Å². The van der Waals surface area contributed by atoms with Crippen molar-refractivity contribution in [1.29, 1.82) is 0 Å². The zero-order chi connectivity index (χ0) is 48.0. The molecule has 3 aromatic heterocycles. The number of pyridine rings is 2. The quantitative estimate of drug-likeness (QED) is 0.0693. The van der Waals surface area contributed by atoms with Gasteiger partial charge in [-0.1, -0.05) is 38.1 Å². The van der Waals surface area contributed by atoms with Crippen molar-refractivity contribution in [3.8, 4) is 11.5 Å². The number of rotatable bonds is 14. The van der Waals surface area contributed by atoms with Gasteiger partial charge in [0.25, 0.3) is 15.9 Å². The largest absolute Gasteiger partial charge is 0.629 e. The van der Waals surface area contributed by atoms with Gasteiger partial charge in [-0.25, -0.2) is 23.1 Å². The number of nitrogens with one attached hydrogen (secondary N) is 4. The molecule has 1 unspecified atom stereocenters. The summed E-state index contributed by atoms with van der Waals surface area (Å²) < 4.78 is 36.4. The number of fused-ring (bicyclic) bond motifs is 1. The van der Waals surface area contributed by atoms with Gasteiger partial charge in [-0.15, -0.1) is 0 Å². The summed E-state index contributed by atoms with van der Waals surface area (Å²) in [6.07, 6.45) is 12.0. The number of nitrogens with zero attached hydrogens (tertiary/aromatic N) is 5. The molecule has 2 saturated heterocycles. The first-order valence-electron chi connectivity index (χ1n) is 24.6. The van der Waals surface area contributed by atoms with Crippen LogP contribution in [-0.4, -0.2) is 108 Å². The van der Waals surface area contributed by atoms with Crippen molar-refractivity contribution >= 4 is 44.2 Å². The van der Waals surface area contributed by atoms with E-state index in [0.717, 1.165) is 75.7 Å². The summed E-state index contributed by atoms with van der Waals surface area (Å²) in [5, 5.41) is 26.8. The number of hydroxylamine groups is 1. The van der Waals surface area contributed by atoms with Gasteiger partial charge in [-0.2, -0.15) is 0 Å².